The van der Waals surface area contributed by atoms with E-state index >= 15 is 0 Å². The van der Waals surface area contributed by atoms with Crippen LogP contribution in [0, 0.1) is 0 Å². The van der Waals surface area contributed by atoms with Crippen molar-refractivity contribution in [1.29, 1.82) is 0 Å². The Labute approximate surface area is 128 Å². The second-order valence-electron chi connectivity index (χ2n) is 4.98. The first-order chi connectivity index (χ1) is 9.11. The highest BCUT2D eigenvalue weighted by atomic mass is 79.9. The number of hydrogen-bond acceptors (Lipinski definition) is 3. The Morgan fingerprint density at radius 1 is 1.53 bits per heavy atom. The molecule has 1 saturated heterocycles. The molecule has 3 atom stereocenters. The van der Waals surface area contributed by atoms with Crippen molar-refractivity contribution in [2.75, 3.05) is 13.2 Å². The highest BCUT2D eigenvalue weighted by Crippen LogP contribution is 2.35. The van der Waals surface area contributed by atoms with Crippen LogP contribution >= 0.6 is 27.7 Å². The molecule has 0 spiro atoms. The third-order valence-corrected chi connectivity index (χ3v) is 5.68. The molecular weight excluding hydrogens is 322 g/mol. The van der Waals surface area contributed by atoms with E-state index in [1.165, 1.54) is 14.9 Å². The molecule has 0 bridgehead atoms. The van der Waals surface area contributed by atoms with Crippen molar-refractivity contribution < 1.29 is 4.74 Å². The number of thioether (sulfide) groups is 1. The molecule has 1 fully saturated rings. The molecule has 0 aromatic heterocycles. The SMILES string of the molecule is CCNC(C)c1ccc(SC2CCOC2C)cc1Br. The lowest BCUT2D eigenvalue weighted by Gasteiger charge is -2.17. The minimum atomic E-state index is 0.365. The molecule has 0 saturated carbocycles. The van der Waals surface area contributed by atoms with Gasteiger partial charge in [-0.05, 0) is 44.5 Å². The smallest absolute Gasteiger partial charge is 0.0669 e. The van der Waals surface area contributed by atoms with Crippen LogP contribution in [0.25, 0.3) is 0 Å². The van der Waals surface area contributed by atoms with Crippen molar-refractivity contribution in [2.45, 2.75) is 49.5 Å². The summed E-state index contributed by atoms with van der Waals surface area (Å²) in [5.74, 6) is 0. The van der Waals surface area contributed by atoms with Gasteiger partial charge in [0.15, 0.2) is 0 Å². The maximum atomic E-state index is 5.62. The van der Waals surface area contributed by atoms with Gasteiger partial charge in [0, 0.05) is 27.3 Å². The largest absolute Gasteiger partial charge is 0.377 e. The predicted molar refractivity (Wildman–Crippen MR) is 85.9 cm³/mol. The lowest BCUT2D eigenvalue weighted by atomic mass is 10.1. The van der Waals surface area contributed by atoms with Crippen LogP contribution in [0.2, 0.25) is 0 Å². The average Bonchev–Trinajstić information content (AvgIpc) is 2.75. The van der Waals surface area contributed by atoms with Gasteiger partial charge in [-0.3, -0.25) is 0 Å². The van der Waals surface area contributed by atoms with E-state index in [1.807, 2.05) is 11.8 Å². The topological polar surface area (TPSA) is 21.3 Å². The molecule has 0 radical (unpaired) electrons. The zero-order valence-corrected chi connectivity index (χ0v) is 14.2. The normalized spacial score (nSPS) is 24.6. The van der Waals surface area contributed by atoms with Crippen LogP contribution in [0.4, 0.5) is 0 Å². The number of benzene rings is 1. The number of rotatable bonds is 5. The minimum absolute atomic E-state index is 0.365. The second-order valence-corrected chi connectivity index (χ2v) is 7.15. The molecule has 1 aliphatic rings. The molecule has 19 heavy (non-hydrogen) atoms. The summed E-state index contributed by atoms with van der Waals surface area (Å²) in [5.41, 5.74) is 1.32. The maximum absolute atomic E-state index is 5.62. The van der Waals surface area contributed by atoms with E-state index in [2.05, 4.69) is 60.2 Å². The van der Waals surface area contributed by atoms with Crippen LogP contribution in [0.15, 0.2) is 27.6 Å². The van der Waals surface area contributed by atoms with Crippen molar-refractivity contribution in [1.82, 2.24) is 5.32 Å². The lowest BCUT2D eigenvalue weighted by molar-refractivity contribution is 0.127. The Bertz CT molecular complexity index is 427. The zero-order chi connectivity index (χ0) is 13.8. The van der Waals surface area contributed by atoms with E-state index in [0.29, 0.717) is 17.4 Å². The van der Waals surface area contributed by atoms with Crippen LogP contribution in [-0.4, -0.2) is 24.5 Å². The first kappa shape index (κ1) is 15.4. The fourth-order valence-corrected chi connectivity index (χ4v) is 4.43. The Balaban J connectivity index is 2.06. The van der Waals surface area contributed by atoms with Gasteiger partial charge in [0.1, 0.15) is 0 Å². The van der Waals surface area contributed by atoms with Gasteiger partial charge in [0.2, 0.25) is 0 Å². The molecule has 1 aromatic carbocycles. The fraction of sp³-hybridized carbons (Fsp3) is 0.600. The number of hydrogen-bond donors (Lipinski definition) is 1. The number of halogens is 1. The third-order valence-electron chi connectivity index (χ3n) is 3.54. The molecule has 106 valence electrons. The van der Waals surface area contributed by atoms with Gasteiger partial charge in [-0.25, -0.2) is 0 Å². The molecule has 0 aliphatic carbocycles. The van der Waals surface area contributed by atoms with Gasteiger partial charge >= 0.3 is 0 Å². The number of nitrogens with one attached hydrogen (secondary N) is 1. The summed E-state index contributed by atoms with van der Waals surface area (Å²) in [6.07, 6.45) is 1.52. The summed E-state index contributed by atoms with van der Waals surface area (Å²) in [6, 6.07) is 7.06. The van der Waals surface area contributed by atoms with Gasteiger partial charge in [-0.1, -0.05) is 28.9 Å². The molecule has 4 heteroatoms. The van der Waals surface area contributed by atoms with Crippen LogP contribution < -0.4 is 5.32 Å². The van der Waals surface area contributed by atoms with E-state index in [1.54, 1.807) is 0 Å². The standard InChI is InChI=1S/C15H22BrNOS/c1-4-17-10(2)13-6-5-12(9-14(13)16)19-15-7-8-18-11(15)3/h5-6,9-11,15,17H,4,7-8H2,1-3H3. The lowest BCUT2D eigenvalue weighted by Crippen LogP contribution is -2.18. The molecule has 1 N–H and O–H groups in total. The van der Waals surface area contributed by atoms with E-state index in [-0.39, 0.29) is 0 Å². The third kappa shape index (κ3) is 3.97. The van der Waals surface area contributed by atoms with Gasteiger partial charge < -0.3 is 10.1 Å². The van der Waals surface area contributed by atoms with Crippen LogP contribution in [0.3, 0.4) is 0 Å². The van der Waals surface area contributed by atoms with Crippen molar-refractivity contribution >= 4 is 27.7 Å². The Hall–Kier alpha value is -0.0300. The Morgan fingerprint density at radius 2 is 2.32 bits per heavy atom. The molecule has 0 amide bonds. The highest BCUT2D eigenvalue weighted by molar-refractivity contribution is 9.10. The van der Waals surface area contributed by atoms with Crippen LogP contribution in [-0.2, 0) is 4.74 Å². The summed E-state index contributed by atoms with van der Waals surface area (Å²) in [5, 5.41) is 4.03. The van der Waals surface area contributed by atoms with Gasteiger partial charge in [-0.2, -0.15) is 0 Å². The van der Waals surface area contributed by atoms with E-state index in [0.717, 1.165) is 19.6 Å². The first-order valence-corrected chi connectivity index (χ1v) is 8.60. The Morgan fingerprint density at radius 3 is 2.89 bits per heavy atom. The summed E-state index contributed by atoms with van der Waals surface area (Å²) in [6.45, 7) is 8.39. The summed E-state index contributed by atoms with van der Waals surface area (Å²) in [7, 11) is 0. The van der Waals surface area contributed by atoms with Crippen LogP contribution in [0.1, 0.15) is 38.8 Å². The predicted octanol–water partition coefficient (Wildman–Crippen LogP) is 4.39. The van der Waals surface area contributed by atoms with E-state index in [4.69, 9.17) is 4.74 Å². The zero-order valence-electron chi connectivity index (χ0n) is 11.8. The molecule has 1 aromatic rings. The van der Waals surface area contributed by atoms with Crippen LogP contribution in [0.5, 0.6) is 0 Å². The van der Waals surface area contributed by atoms with Crippen molar-refractivity contribution in [3.63, 3.8) is 0 Å². The molecule has 2 rings (SSSR count). The van der Waals surface area contributed by atoms with Crippen molar-refractivity contribution in [3.8, 4) is 0 Å². The summed E-state index contributed by atoms with van der Waals surface area (Å²) in [4.78, 5) is 1.32. The van der Waals surface area contributed by atoms with Crippen molar-refractivity contribution in [2.24, 2.45) is 0 Å². The minimum Gasteiger partial charge on any atom is -0.377 e. The highest BCUT2D eigenvalue weighted by Gasteiger charge is 2.25. The molecule has 2 nitrogen and oxygen atoms in total. The second kappa shape index (κ2) is 7.11. The van der Waals surface area contributed by atoms with E-state index in [9.17, 15) is 0 Å². The van der Waals surface area contributed by atoms with Gasteiger partial charge in [0.25, 0.3) is 0 Å². The van der Waals surface area contributed by atoms with Gasteiger partial charge in [0.05, 0.1) is 6.10 Å². The molecule has 1 heterocycles. The monoisotopic (exact) mass is 343 g/mol. The number of ether oxygens (including phenoxy) is 1. The first-order valence-electron chi connectivity index (χ1n) is 6.93. The summed E-state index contributed by atoms with van der Waals surface area (Å²) >= 11 is 5.63. The quantitative estimate of drug-likeness (QED) is 0.856. The van der Waals surface area contributed by atoms with Gasteiger partial charge in [-0.15, -0.1) is 11.8 Å². The Kier molecular flexibility index (Phi) is 5.75. The van der Waals surface area contributed by atoms with E-state index < -0.39 is 0 Å². The molecular formula is C15H22BrNOS. The maximum Gasteiger partial charge on any atom is 0.0669 e. The fourth-order valence-electron chi connectivity index (χ4n) is 2.39. The molecule has 3 unspecified atom stereocenters. The molecule has 1 aliphatic heterocycles. The van der Waals surface area contributed by atoms with Crippen molar-refractivity contribution in [3.05, 3.63) is 28.2 Å². The average molecular weight is 344 g/mol. The summed E-state index contributed by atoms with van der Waals surface area (Å²) < 4.78 is 6.81.